The average molecular weight is 490 g/mol. The number of benzene rings is 3. The Kier molecular flexibility index (Phi) is 9.00. The number of hydrogen-bond acceptors (Lipinski definition) is 6. The summed E-state index contributed by atoms with van der Waals surface area (Å²) in [4.78, 5) is 24.7. The maximum absolute atomic E-state index is 13.0. The quantitative estimate of drug-likeness (QED) is 0.313. The molecule has 0 heterocycles. The van der Waals surface area contributed by atoms with Crippen LogP contribution >= 0.6 is 0 Å². The van der Waals surface area contributed by atoms with Gasteiger partial charge < -0.3 is 24.8 Å². The van der Waals surface area contributed by atoms with E-state index in [2.05, 4.69) is 10.6 Å². The molecule has 8 nitrogen and oxygen atoms in total. The molecule has 0 spiro atoms. The fourth-order valence-electron chi connectivity index (χ4n) is 3.08. The number of nitrogens with one attached hydrogen (secondary N) is 2. The topological polar surface area (TPSA) is 110 Å². The van der Waals surface area contributed by atoms with Crippen molar-refractivity contribution in [2.75, 3.05) is 31.0 Å². The Morgan fingerprint density at radius 3 is 2.25 bits per heavy atom. The Morgan fingerprint density at radius 2 is 1.61 bits per heavy atom. The van der Waals surface area contributed by atoms with E-state index in [-0.39, 0.29) is 12.2 Å². The summed E-state index contributed by atoms with van der Waals surface area (Å²) in [5, 5.41) is 14.8. The lowest BCUT2D eigenvalue weighted by Crippen LogP contribution is -2.20. The Bertz CT molecular complexity index is 1280. The molecule has 0 aliphatic heterocycles. The predicted octanol–water partition coefficient (Wildman–Crippen LogP) is 4.80. The van der Waals surface area contributed by atoms with E-state index in [1.807, 2.05) is 13.0 Å². The van der Waals surface area contributed by atoms with Crippen LogP contribution in [-0.2, 0) is 9.59 Å². The van der Waals surface area contributed by atoms with E-state index in [9.17, 15) is 19.2 Å². The summed E-state index contributed by atoms with van der Waals surface area (Å²) >= 11 is 0. The highest BCUT2D eigenvalue weighted by Gasteiger charge is 2.12. The molecule has 184 valence electrons. The second kappa shape index (κ2) is 12.6. The molecule has 0 saturated carbocycles. The van der Waals surface area contributed by atoms with Crippen LogP contribution in [0, 0.1) is 17.1 Å². The van der Waals surface area contributed by atoms with Gasteiger partial charge in [-0.05, 0) is 79.2 Å². The molecule has 0 aliphatic carbocycles. The molecule has 0 atom stereocenters. The number of nitrogens with zero attached hydrogens (tertiary/aromatic N) is 1. The molecule has 9 heteroatoms. The Hall–Kier alpha value is -4.84. The molecule has 0 aromatic heterocycles. The van der Waals surface area contributed by atoms with Crippen molar-refractivity contribution >= 4 is 29.3 Å². The molecule has 2 amide bonds. The van der Waals surface area contributed by atoms with Gasteiger partial charge in [0, 0.05) is 11.4 Å². The summed E-state index contributed by atoms with van der Waals surface area (Å²) in [6, 6.07) is 18.8. The number of halogens is 1. The molecule has 3 aromatic rings. The summed E-state index contributed by atoms with van der Waals surface area (Å²) in [6.45, 7) is 2.10. The zero-order valence-corrected chi connectivity index (χ0v) is 19.7. The monoisotopic (exact) mass is 489 g/mol. The molecular weight excluding hydrogens is 465 g/mol. The molecule has 0 aliphatic rings. The number of carbonyl (C=O) groups excluding carboxylic acids is 2. The van der Waals surface area contributed by atoms with E-state index in [1.165, 1.54) is 37.5 Å². The van der Waals surface area contributed by atoms with Gasteiger partial charge in [0.05, 0.1) is 13.7 Å². The van der Waals surface area contributed by atoms with Crippen molar-refractivity contribution in [3.63, 3.8) is 0 Å². The Balaban J connectivity index is 1.65. The van der Waals surface area contributed by atoms with Crippen molar-refractivity contribution < 1.29 is 28.2 Å². The predicted molar refractivity (Wildman–Crippen MR) is 133 cm³/mol. The third kappa shape index (κ3) is 7.33. The van der Waals surface area contributed by atoms with Crippen LogP contribution in [0.25, 0.3) is 6.08 Å². The smallest absolute Gasteiger partial charge is 0.266 e. The minimum absolute atomic E-state index is 0.113. The molecule has 3 aromatic carbocycles. The van der Waals surface area contributed by atoms with E-state index in [0.717, 1.165) is 0 Å². The summed E-state index contributed by atoms with van der Waals surface area (Å²) < 4.78 is 29.2. The van der Waals surface area contributed by atoms with Gasteiger partial charge >= 0.3 is 0 Å². The lowest BCUT2D eigenvalue weighted by atomic mass is 10.1. The van der Waals surface area contributed by atoms with Crippen molar-refractivity contribution in [1.29, 1.82) is 5.26 Å². The summed E-state index contributed by atoms with van der Waals surface area (Å²) in [6.07, 6.45) is 1.41. The van der Waals surface area contributed by atoms with Crippen LogP contribution in [0.1, 0.15) is 12.5 Å². The van der Waals surface area contributed by atoms with Crippen LogP contribution < -0.4 is 24.8 Å². The highest BCUT2D eigenvalue weighted by atomic mass is 19.1. The number of nitriles is 1. The Labute approximate surface area is 207 Å². The zero-order valence-electron chi connectivity index (χ0n) is 19.7. The lowest BCUT2D eigenvalue weighted by molar-refractivity contribution is -0.118. The summed E-state index contributed by atoms with van der Waals surface area (Å²) in [5.74, 6) is -0.141. The molecular formula is C27H24FN3O5. The van der Waals surface area contributed by atoms with Crippen molar-refractivity contribution in [2.45, 2.75) is 6.92 Å². The van der Waals surface area contributed by atoms with Crippen LogP contribution in [0.4, 0.5) is 15.8 Å². The van der Waals surface area contributed by atoms with E-state index < -0.39 is 17.6 Å². The number of amides is 2. The van der Waals surface area contributed by atoms with Gasteiger partial charge in [0.1, 0.15) is 23.2 Å². The fourth-order valence-corrected chi connectivity index (χ4v) is 3.08. The first-order valence-corrected chi connectivity index (χ1v) is 10.9. The van der Waals surface area contributed by atoms with Crippen molar-refractivity contribution in [3.05, 3.63) is 83.7 Å². The minimum atomic E-state index is -0.571. The van der Waals surface area contributed by atoms with Gasteiger partial charge in [-0.25, -0.2) is 4.39 Å². The van der Waals surface area contributed by atoms with Gasteiger partial charge in [-0.1, -0.05) is 6.07 Å². The third-order valence-electron chi connectivity index (χ3n) is 4.77. The molecule has 0 unspecified atom stereocenters. The van der Waals surface area contributed by atoms with Gasteiger partial charge in [0.2, 0.25) is 0 Å². The lowest BCUT2D eigenvalue weighted by Gasteiger charge is -2.12. The van der Waals surface area contributed by atoms with Crippen molar-refractivity contribution in [3.8, 4) is 23.3 Å². The van der Waals surface area contributed by atoms with Crippen molar-refractivity contribution in [2.24, 2.45) is 0 Å². The summed E-state index contributed by atoms with van der Waals surface area (Å²) in [5.41, 5.74) is 1.36. The van der Waals surface area contributed by atoms with Crippen LogP contribution in [0.2, 0.25) is 0 Å². The zero-order chi connectivity index (χ0) is 25.9. The first kappa shape index (κ1) is 25.8. The highest BCUT2D eigenvalue weighted by Crippen LogP contribution is 2.29. The van der Waals surface area contributed by atoms with Crippen LogP contribution in [0.3, 0.4) is 0 Å². The van der Waals surface area contributed by atoms with E-state index in [4.69, 9.17) is 14.2 Å². The molecule has 0 saturated heterocycles. The number of ether oxygens (including phenoxy) is 3. The van der Waals surface area contributed by atoms with Gasteiger partial charge in [0.15, 0.2) is 18.1 Å². The molecule has 0 bridgehead atoms. The van der Waals surface area contributed by atoms with Gasteiger partial charge in [0.25, 0.3) is 11.8 Å². The average Bonchev–Trinajstić information content (AvgIpc) is 2.88. The molecule has 3 rings (SSSR count). The highest BCUT2D eigenvalue weighted by molar-refractivity contribution is 6.09. The first-order chi connectivity index (χ1) is 17.4. The number of methoxy groups -OCH3 is 1. The second-order valence-corrected chi connectivity index (χ2v) is 7.34. The van der Waals surface area contributed by atoms with Crippen LogP contribution in [0.5, 0.6) is 17.2 Å². The normalized spacial score (nSPS) is 10.7. The Morgan fingerprint density at radius 1 is 0.944 bits per heavy atom. The van der Waals surface area contributed by atoms with Crippen LogP contribution in [0.15, 0.2) is 72.3 Å². The van der Waals surface area contributed by atoms with Crippen LogP contribution in [-0.4, -0.2) is 32.1 Å². The fraction of sp³-hybridized carbons (Fsp3) is 0.148. The number of hydrogen-bond donors (Lipinski definition) is 2. The largest absolute Gasteiger partial charge is 0.494 e. The van der Waals surface area contributed by atoms with E-state index >= 15 is 0 Å². The van der Waals surface area contributed by atoms with Gasteiger partial charge in [-0.2, -0.15) is 5.26 Å². The molecule has 0 fully saturated rings. The number of rotatable bonds is 10. The van der Waals surface area contributed by atoms with Gasteiger partial charge in [-0.15, -0.1) is 0 Å². The number of carbonyl (C=O) groups is 2. The third-order valence-corrected chi connectivity index (χ3v) is 4.77. The van der Waals surface area contributed by atoms with Crippen molar-refractivity contribution in [1.82, 2.24) is 0 Å². The maximum atomic E-state index is 13.0. The summed E-state index contributed by atoms with van der Waals surface area (Å²) in [7, 11) is 1.43. The van der Waals surface area contributed by atoms with E-state index in [0.29, 0.717) is 40.8 Å². The minimum Gasteiger partial charge on any atom is -0.494 e. The SMILES string of the molecule is CCOc1ccc(NC(=O)C(C#N)=Cc2ccc(OCC(=O)Nc3ccc(F)cc3)c(OC)c2)cc1. The van der Waals surface area contributed by atoms with Gasteiger partial charge in [-0.3, -0.25) is 9.59 Å². The molecule has 2 N–H and O–H groups in total. The first-order valence-electron chi connectivity index (χ1n) is 10.9. The number of anilines is 2. The maximum Gasteiger partial charge on any atom is 0.266 e. The standard InChI is InChI=1S/C27H24FN3O5/c1-3-35-23-11-9-22(10-12-23)31-27(33)19(16-29)14-18-4-13-24(25(15-18)34-2)36-17-26(32)30-21-7-5-20(28)6-8-21/h4-15H,3,17H2,1-2H3,(H,30,32)(H,31,33). The molecule has 36 heavy (non-hydrogen) atoms. The second-order valence-electron chi connectivity index (χ2n) is 7.34. The van der Waals surface area contributed by atoms with E-state index in [1.54, 1.807) is 42.5 Å². The molecule has 0 radical (unpaired) electrons.